The molecule has 1 atom stereocenters. The Kier molecular flexibility index (Phi) is 5.73. The Labute approximate surface area is 125 Å². The van der Waals surface area contributed by atoms with Crippen molar-refractivity contribution in [3.63, 3.8) is 0 Å². The van der Waals surface area contributed by atoms with Crippen LogP contribution in [0.2, 0.25) is 0 Å². The van der Waals surface area contributed by atoms with E-state index in [0.717, 1.165) is 31.5 Å². The minimum Gasteiger partial charge on any atom is -0.330 e. The number of rotatable bonds is 5. The zero-order valence-electron chi connectivity index (χ0n) is 12.2. The average Bonchev–Trinajstić information content (AvgIpc) is 2.50. The molecular formula is C16H22N4O. The van der Waals surface area contributed by atoms with Crippen molar-refractivity contribution >= 4 is 11.6 Å². The van der Waals surface area contributed by atoms with Gasteiger partial charge in [0.2, 0.25) is 5.91 Å². The molecular weight excluding hydrogens is 264 g/mol. The normalized spacial score (nSPS) is 19.0. The molecule has 1 heterocycles. The van der Waals surface area contributed by atoms with E-state index in [-0.39, 0.29) is 5.91 Å². The number of carbonyl (C=O) groups excluding carboxylic acids is 1. The Balaban J connectivity index is 1.89. The minimum absolute atomic E-state index is 0.0105. The van der Waals surface area contributed by atoms with Crippen LogP contribution in [0.25, 0.3) is 0 Å². The van der Waals surface area contributed by atoms with E-state index in [1.165, 1.54) is 6.42 Å². The number of carbonyl (C=O) groups is 1. The molecule has 1 aliphatic rings. The minimum atomic E-state index is -0.0105. The fraction of sp³-hybridized carbons (Fsp3) is 0.500. The van der Waals surface area contributed by atoms with Gasteiger partial charge in [-0.15, -0.1) is 0 Å². The third-order valence-electron chi connectivity index (χ3n) is 3.89. The highest BCUT2D eigenvalue weighted by molar-refractivity contribution is 5.92. The summed E-state index contributed by atoms with van der Waals surface area (Å²) in [4.78, 5) is 14.4. The molecule has 2 rings (SSSR count). The number of anilines is 1. The third-order valence-corrected chi connectivity index (χ3v) is 3.89. The van der Waals surface area contributed by atoms with Crippen LogP contribution in [0.15, 0.2) is 24.3 Å². The smallest absolute Gasteiger partial charge is 0.238 e. The van der Waals surface area contributed by atoms with Crippen LogP contribution >= 0.6 is 0 Å². The Morgan fingerprint density at radius 2 is 2.14 bits per heavy atom. The second kappa shape index (κ2) is 7.77. The predicted molar refractivity (Wildman–Crippen MR) is 82.7 cm³/mol. The summed E-state index contributed by atoms with van der Waals surface area (Å²) < 4.78 is 0. The molecule has 0 saturated carbocycles. The van der Waals surface area contributed by atoms with Gasteiger partial charge in [0.25, 0.3) is 0 Å². The third kappa shape index (κ3) is 4.55. The second-order valence-electron chi connectivity index (χ2n) is 5.43. The second-order valence-corrected chi connectivity index (χ2v) is 5.43. The van der Waals surface area contributed by atoms with Crippen LogP contribution in [0.1, 0.15) is 31.2 Å². The molecule has 1 aromatic rings. The Morgan fingerprint density at radius 1 is 1.38 bits per heavy atom. The van der Waals surface area contributed by atoms with Gasteiger partial charge < -0.3 is 11.1 Å². The summed E-state index contributed by atoms with van der Waals surface area (Å²) in [6.07, 6.45) is 4.44. The van der Waals surface area contributed by atoms with Crippen molar-refractivity contribution in [2.24, 2.45) is 5.73 Å². The van der Waals surface area contributed by atoms with Crippen molar-refractivity contribution in [3.8, 4) is 6.07 Å². The van der Waals surface area contributed by atoms with E-state index < -0.39 is 0 Å². The van der Waals surface area contributed by atoms with Crippen LogP contribution in [-0.2, 0) is 4.79 Å². The zero-order valence-corrected chi connectivity index (χ0v) is 12.2. The highest BCUT2D eigenvalue weighted by Gasteiger charge is 2.23. The summed E-state index contributed by atoms with van der Waals surface area (Å²) in [5, 5.41) is 11.6. The summed E-state index contributed by atoms with van der Waals surface area (Å²) >= 11 is 0. The maximum atomic E-state index is 12.1. The summed E-state index contributed by atoms with van der Waals surface area (Å²) in [7, 11) is 0. The van der Waals surface area contributed by atoms with Gasteiger partial charge in [-0.2, -0.15) is 5.26 Å². The first-order valence-corrected chi connectivity index (χ1v) is 7.47. The van der Waals surface area contributed by atoms with E-state index in [4.69, 9.17) is 11.0 Å². The van der Waals surface area contributed by atoms with Gasteiger partial charge in [0.05, 0.1) is 18.2 Å². The molecule has 0 spiro atoms. The summed E-state index contributed by atoms with van der Waals surface area (Å²) in [5.74, 6) is -0.0105. The molecule has 1 unspecified atom stereocenters. The molecule has 0 aliphatic carbocycles. The quantitative estimate of drug-likeness (QED) is 0.863. The van der Waals surface area contributed by atoms with Crippen molar-refractivity contribution in [3.05, 3.63) is 29.8 Å². The molecule has 21 heavy (non-hydrogen) atoms. The summed E-state index contributed by atoms with van der Waals surface area (Å²) in [6.45, 7) is 2.04. The number of nitrogens with zero attached hydrogens (tertiary/aromatic N) is 2. The van der Waals surface area contributed by atoms with Crippen LogP contribution < -0.4 is 11.1 Å². The number of nitriles is 1. The van der Waals surface area contributed by atoms with Crippen LogP contribution in [0.5, 0.6) is 0 Å². The van der Waals surface area contributed by atoms with Gasteiger partial charge in [0.1, 0.15) is 0 Å². The first-order chi connectivity index (χ1) is 10.2. The molecule has 1 fully saturated rings. The number of nitrogens with two attached hydrogens (primary N) is 1. The molecule has 5 nitrogen and oxygen atoms in total. The Bertz CT molecular complexity index is 504. The van der Waals surface area contributed by atoms with Crippen molar-refractivity contribution in [1.29, 1.82) is 5.26 Å². The highest BCUT2D eigenvalue weighted by atomic mass is 16.2. The first-order valence-electron chi connectivity index (χ1n) is 7.47. The molecule has 1 aliphatic heterocycles. The van der Waals surface area contributed by atoms with Gasteiger partial charge >= 0.3 is 0 Å². The molecule has 0 radical (unpaired) electrons. The number of likely N-dealkylation sites (tertiary alicyclic amines) is 1. The number of amides is 1. The SMILES string of the molecule is N#Cc1ccc(NC(=O)CN2CCCCC2CCN)cc1. The van der Waals surface area contributed by atoms with Crippen molar-refractivity contribution in [2.45, 2.75) is 31.7 Å². The predicted octanol–water partition coefficient (Wildman–Crippen LogP) is 1.70. The van der Waals surface area contributed by atoms with E-state index in [1.54, 1.807) is 24.3 Å². The number of hydrogen-bond donors (Lipinski definition) is 2. The number of benzene rings is 1. The van der Waals surface area contributed by atoms with E-state index in [2.05, 4.69) is 16.3 Å². The molecule has 0 bridgehead atoms. The molecule has 5 heteroatoms. The van der Waals surface area contributed by atoms with Gasteiger partial charge in [-0.1, -0.05) is 6.42 Å². The van der Waals surface area contributed by atoms with Crippen molar-refractivity contribution < 1.29 is 4.79 Å². The maximum absolute atomic E-state index is 12.1. The molecule has 1 aromatic carbocycles. The van der Waals surface area contributed by atoms with E-state index in [1.807, 2.05) is 0 Å². The van der Waals surface area contributed by atoms with Crippen molar-refractivity contribution in [1.82, 2.24) is 4.90 Å². The summed E-state index contributed by atoms with van der Waals surface area (Å²) in [5.41, 5.74) is 6.97. The number of piperidine rings is 1. The van der Waals surface area contributed by atoms with Gasteiger partial charge in [-0.05, 0) is 56.6 Å². The lowest BCUT2D eigenvalue weighted by atomic mass is 9.99. The standard InChI is InChI=1S/C16H22N4O/c17-9-8-15-3-1-2-10-20(15)12-16(21)19-14-6-4-13(11-18)5-7-14/h4-7,15H,1-3,8-10,12,17H2,(H,19,21). The van der Waals surface area contributed by atoms with Crippen molar-refractivity contribution in [2.75, 3.05) is 25.0 Å². The lowest BCUT2D eigenvalue weighted by molar-refractivity contribution is -0.118. The van der Waals surface area contributed by atoms with Crippen LogP contribution in [0, 0.1) is 11.3 Å². The molecule has 112 valence electrons. The van der Waals surface area contributed by atoms with Crippen LogP contribution in [0.3, 0.4) is 0 Å². The Morgan fingerprint density at radius 3 is 2.81 bits per heavy atom. The summed E-state index contributed by atoms with van der Waals surface area (Å²) in [6, 6.07) is 9.40. The van der Waals surface area contributed by atoms with E-state index in [9.17, 15) is 4.79 Å². The monoisotopic (exact) mass is 286 g/mol. The highest BCUT2D eigenvalue weighted by Crippen LogP contribution is 2.19. The molecule has 3 N–H and O–H groups in total. The largest absolute Gasteiger partial charge is 0.330 e. The van der Waals surface area contributed by atoms with Gasteiger partial charge in [-0.25, -0.2) is 0 Å². The average molecular weight is 286 g/mol. The fourth-order valence-corrected chi connectivity index (χ4v) is 2.80. The first kappa shape index (κ1) is 15.5. The van der Waals surface area contributed by atoms with E-state index in [0.29, 0.717) is 24.7 Å². The fourth-order valence-electron chi connectivity index (χ4n) is 2.80. The Hall–Kier alpha value is -1.90. The van der Waals surface area contributed by atoms with Crippen LogP contribution in [-0.4, -0.2) is 36.5 Å². The van der Waals surface area contributed by atoms with E-state index >= 15 is 0 Å². The van der Waals surface area contributed by atoms with Gasteiger partial charge in [0.15, 0.2) is 0 Å². The zero-order chi connectivity index (χ0) is 15.1. The lowest BCUT2D eigenvalue weighted by Gasteiger charge is -2.35. The number of hydrogen-bond acceptors (Lipinski definition) is 4. The topological polar surface area (TPSA) is 82.2 Å². The molecule has 1 saturated heterocycles. The molecule has 1 amide bonds. The van der Waals surface area contributed by atoms with Gasteiger partial charge in [0, 0.05) is 11.7 Å². The van der Waals surface area contributed by atoms with Gasteiger partial charge in [-0.3, -0.25) is 9.69 Å². The molecule has 0 aromatic heterocycles. The maximum Gasteiger partial charge on any atom is 0.238 e. The number of nitrogens with one attached hydrogen (secondary N) is 1. The lowest BCUT2D eigenvalue weighted by Crippen LogP contribution is -2.44. The van der Waals surface area contributed by atoms with Crippen LogP contribution in [0.4, 0.5) is 5.69 Å².